The molecule has 0 saturated carbocycles. The Balaban J connectivity index is 1.77. The summed E-state index contributed by atoms with van der Waals surface area (Å²) in [6, 6.07) is 19.5. The van der Waals surface area contributed by atoms with Gasteiger partial charge in [0.25, 0.3) is 0 Å². The second-order valence-electron chi connectivity index (χ2n) is 5.82. The molecule has 4 heteroatoms. The summed E-state index contributed by atoms with van der Waals surface area (Å²) in [5.74, 6) is -0.0497. The number of carbonyl (C=O) groups is 2. The van der Waals surface area contributed by atoms with Gasteiger partial charge in [-0.3, -0.25) is 9.59 Å². The van der Waals surface area contributed by atoms with Crippen molar-refractivity contribution in [3.8, 4) is 0 Å². The van der Waals surface area contributed by atoms with Crippen LogP contribution in [-0.4, -0.2) is 22.8 Å². The number of hydrogen-bond acceptors (Lipinski definition) is 2. The van der Waals surface area contributed by atoms with Crippen LogP contribution in [0.2, 0.25) is 0 Å². The maximum Gasteiger partial charge on any atom is 0.245 e. The van der Waals surface area contributed by atoms with Crippen LogP contribution in [0.25, 0.3) is 0 Å². The summed E-state index contributed by atoms with van der Waals surface area (Å²) >= 11 is 0. The smallest absolute Gasteiger partial charge is 0.245 e. The van der Waals surface area contributed by atoms with Crippen LogP contribution in [0, 0.1) is 0 Å². The van der Waals surface area contributed by atoms with E-state index >= 15 is 0 Å². The molecule has 0 aromatic heterocycles. The SMILES string of the molecule is O=C1CC[C@H](C(=O)N(Cc2ccccc2)Cc2ccccc2)N1. The van der Waals surface area contributed by atoms with Gasteiger partial charge in [0.05, 0.1) is 0 Å². The third kappa shape index (κ3) is 3.97. The highest BCUT2D eigenvalue weighted by molar-refractivity contribution is 5.90. The molecule has 1 fully saturated rings. The van der Waals surface area contributed by atoms with Gasteiger partial charge in [-0.15, -0.1) is 0 Å². The molecule has 0 spiro atoms. The fourth-order valence-electron chi connectivity index (χ4n) is 2.84. The van der Waals surface area contributed by atoms with Gasteiger partial charge >= 0.3 is 0 Å². The van der Waals surface area contributed by atoms with Gasteiger partial charge in [-0.2, -0.15) is 0 Å². The molecule has 1 aliphatic heterocycles. The van der Waals surface area contributed by atoms with Gasteiger partial charge in [-0.1, -0.05) is 60.7 Å². The van der Waals surface area contributed by atoms with Crippen molar-refractivity contribution < 1.29 is 9.59 Å². The van der Waals surface area contributed by atoms with Crippen molar-refractivity contribution in [2.45, 2.75) is 32.0 Å². The number of hydrogen-bond donors (Lipinski definition) is 1. The molecular formula is C19H20N2O2. The zero-order valence-electron chi connectivity index (χ0n) is 12.9. The Bertz CT molecular complexity index is 629. The Kier molecular flexibility index (Phi) is 4.71. The second kappa shape index (κ2) is 7.09. The normalized spacial score (nSPS) is 16.9. The van der Waals surface area contributed by atoms with E-state index < -0.39 is 6.04 Å². The second-order valence-corrected chi connectivity index (χ2v) is 5.82. The number of nitrogens with one attached hydrogen (secondary N) is 1. The first-order chi connectivity index (χ1) is 11.2. The number of carbonyl (C=O) groups excluding carboxylic acids is 2. The molecule has 0 radical (unpaired) electrons. The molecule has 1 N–H and O–H groups in total. The Morgan fingerprint density at radius 2 is 1.48 bits per heavy atom. The zero-order valence-corrected chi connectivity index (χ0v) is 12.9. The van der Waals surface area contributed by atoms with Crippen molar-refractivity contribution in [3.63, 3.8) is 0 Å². The summed E-state index contributed by atoms with van der Waals surface area (Å²) in [4.78, 5) is 26.0. The Morgan fingerprint density at radius 3 is 1.91 bits per heavy atom. The lowest BCUT2D eigenvalue weighted by molar-refractivity contribution is -0.135. The first kappa shape index (κ1) is 15.3. The lowest BCUT2D eigenvalue weighted by Crippen LogP contribution is -2.43. The van der Waals surface area contributed by atoms with Crippen LogP contribution < -0.4 is 5.32 Å². The average Bonchev–Trinajstić information content (AvgIpc) is 3.02. The molecule has 4 nitrogen and oxygen atoms in total. The highest BCUT2D eigenvalue weighted by atomic mass is 16.2. The number of benzene rings is 2. The van der Waals surface area contributed by atoms with Crippen LogP contribution in [0.5, 0.6) is 0 Å². The summed E-state index contributed by atoms with van der Waals surface area (Å²) in [6.07, 6.45) is 1.01. The fourth-order valence-corrected chi connectivity index (χ4v) is 2.84. The van der Waals surface area contributed by atoms with Gasteiger partial charge in [-0.25, -0.2) is 0 Å². The molecule has 1 heterocycles. The van der Waals surface area contributed by atoms with E-state index in [1.807, 2.05) is 65.6 Å². The van der Waals surface area contributed by atoms with Gasteiger partial charge < -0.3 is 10.2 Å². The topological polar surface area (TPSA) is 49.4 Å². The minimum atomic E-state index is -0.394. The fraction of sp³-hybridized carbons (Fsp3) is 0.263. The molecule has 1 saturated heterocycles. The Hall–Kier alpha value is -2.62. The van der Waals surface area contributed by atoms with E-state index in [0.717, 1.165) is 11.1 Å². The van der Waals surface area contributed by atoms with E-state index in [9.17, 15) is 9.59 Å². The summed E-state index contributed by atoms with van der Waals surface area (Å²) in [5, 5.41) is 2.78. The molecule has 0 aliphatic carbocycles. The van der Waals surface area contributed by atoms with E-state index in [2.05, 4.69) is 5.32 Å². The number of nitrogens with zero attached hydrogens (tertiary/aromatic N) is 1. The van der Waals surface area contributed by atoms with Crippen LogP contribution in [0.3, 0.4) is 0 Å². The molecular weight excluding hydrogens is 288 g/mol. The van der Waals surface area contributed by atoms with Crippen molar-refractivity contribution in [1.82, 2.24) is 10.2 Å². The van der Waals surface area contributed by atoms with Crippen molar-refractivity contribution >= 4 is 11.8 Å². The molecule has 2 aromatic carbocycles. The predicted octanol–water partition coefficient (Wildman–Crippen LogP) is 2.49. The Morgan fingerprint density at radius 1 is 0.957 bits per heavy atom. The Labute approximate surface area is 136 Å². The molecule has 3 rings (SSSR count). The van der Waals surface area contributed by atoms with Crippen LogP contribution in [0.4, 0.5) is 0 Å². The molecule has 2 aromatic rings. The number of rotatable bonds is 5. The quantitative estimate of drug-likeness (QED) is 0.922. The van der Waals surface area contributed by atoms with E-state index in [0.29, 0.717) is 25.9 Å². The number of amides is 2. The largest absolute Gasteiger partial charge is 0.344 e. The summed E-state index contributed by atoms with van der Waals surface area (Å²) in [7, 11) is 0. The summed E-state index contributed by atoms with van der Waals surface area (Å²) in [6.45, 7) is 1.09. The van der Waals surface area contributed by atoms with Crippen LogP contribution >= 0.6 is 0 Å². The third-order valence-corrected chi connectivity index (χ3v) is 4.04. The van der Waals surface area contributed by atoms with Crippen molar-refractivity contribution in [2.24, 2.45) is 0 Å². The van der Waals surface area contributed by atoms with Crippen LogP contribution in [0.1, 0.15) is 24.0 Å². The monoisotopic (exact) mass is 308 g/mol. The third-order valence-electron chi connectivity index (χ3n) is 4.04. The van der Waals surface area contributed by atoms with Crippen molar-refractivity contribution in [2.75, 3.05) is 0 Å². The molecule has 23 heavy (non-hydrogen) atoms. The van der Waals surface area contributed by atoms with E-state index in [4.69, 9.17) is 0 Å². The van der Waals surface area contributed by atoms with Crippen LogP contribution in [0.15, 0.2) is 60.7 Å². The van der Waals surface area contributed by atoms with Gasteiger partial charge in [0.2, 0.25) is 11.8 Å². The molecule has 0 unspecified atom stereocenters. The van der Waals surface area contributed by atoms with Gasteiger partial charge in [-0.05, 0) is 17.5 Å². The first-order valence-corrected chi connectivity index (χ1v) is 7.88. The predicted molar refractivity (Wildman–Crippen MR) is 88.3 cm³/mol. The van der Waals surface area contributed by atoms with Gasteiger partial charge in [0, 0.05) is 19.5 Å². The standard InChI is InChI=1S/C19H20N2O2/c22-18-12-11-17(20-18)19(23)21(13-15-7-3-1-4-8-15)14-16-9-5-2-6-10-16/h1-10,17H,11-14H2,(H,20,22)/t17-/m1/s1. The zero-order chi connectivity index (χ0) is 16.1. The summed E-state index contributed by atoms with van der Waals surface area (Å²) in [5.41, 5.74) is 2.17. The maximum absolute atomic E-state index is 12.8. The average molecular weight is 308 g/mol. The van der Waals surface area contributed by atoms with Crippen molar-refractivity contribution in [1.29, 1.82) is 0 Å². The highest BCUT2D eigenvalue weighted by Crippen LogP contribution is 2.15. The minimum absolute atomic E-state index is 0.0106. The van der Waals surface area contributed by atoms with Gasteiger partial charge in [0.1, 0.15) is 6.04 Å². The maximum atomic E-state index is 12.8. The molecule has 118 valence electrons. The van der Waals surface area contributed by atoms with Crippen molar-refractivity contribution in [3.05, 3.63) is 71.8 Å². The minimum Gasteiger partial charge on any atom is -0.344 e. The lowest BCUT2D eigenvalue weighted by atomic mass is 10.1. The highest BCUT2D eigenvalue weighted by Gasteiger charge is 2.30. The molecule has 1 atom stereocenters. The lowest BCUT2D eigenvalue weighted by Gasteiger charge is -2.26. The van der Waals surface area contributed by atoms with Crippen LogP contribution in [-0.2, 0) is 22.7 Å². The summed E-state index contributed by atoms with van der Waals surface area (Å²) < 4.78 is 0. The van der Waals surface area contributed by atoms with E-state index in [1.54, 1.807) is 0 Å². The van der Waals surface area contributed by atoms with E-state index in [-0.39, 0.29) is 11.8 Å². The van der Waals surface area contributed by atoms with E-state index in [1.165, 1.54) is 0 Å². The first-order valence-electron chi connectivity index (χ1n) is 7.88. The van der Waals surface area contributed by atoms with Gasteiger partial charge in [0.15, 0.2) is 0 Å². The molecule has 0 bridgehead atoms. The molecule has 2 amide bonds. The molecule has 1 aliphatic rings.